The van der Waals surface area contributed by atoms with Crippen molar-refractivity contribution >= 4 is 11.5 Å². The van der Waals surface area contributed by atoms with Gasteiger partial charge >= 0.3 is 0 Å². The Morgan fingerprint density at radius 1 is 1.14 bits per heavy atom. The van der Waals surface area contributed by atoms with Crippen molar-refractivity contribution in [3.63, 3.8) is 0 Å². The molecule has 2 aliphatic carbocycles. The number of hydrogen-bond acceptors (Lipinski definition) is 5. The smallest absolute Gasteiger partial charge is 0.251 e. The van der Waals surface area contributed by atoms with Gasteiger partial charge in [-0.05, 0) is 35.8 Å². The van der Waals surface area contributed by atoms with Crippen LogP contribution in [0.5, 0.6) is 5.75 Å². The fourth-order valence-corrected chi connectivity index (χ4v) is 5.66. The Morgan fingerprint density at radius 2 is 1.93 bits per heavy atom. The second kappa shape index (κ2) is 6.01. The van der Waals surface area contributed by atoms with Gasteiger partial charge in [-0.25, -0.2) is 0 Å². The van der Waals surface area contributed by atoms with Crippen LogP contribution >= 0.6 is 0 Å². The fourth-order valence-electron chi connectivity index (χ4n) is 5.66. The Labute approximate surface area is 164 Å². The van der Waals surface area contributed by atoms with Gasteiger partial charge in [0, 0.05) is 43.0 Å². The standard InChI is InChI=1S/C22H25N3O3/c1-27-16-5-3-2-4-13(16)10-15-19-20-21(19)22(20)25(15)17-11-14(12-18(26)23-17)24-6-8-28-9-7-24/h2-5,11-12,15,19-22H,6-10H2,1H3,(H,23,26)/t15-,19-,20+,21?,22?/m0/s1. The first-order valence-electron chi connectivity index (χ1n) is 10.2. The van der Waals surface area contributed by atoms with E-state index in [0.717, 1.165) is 67.7 Å². The van der Waals surface area contributed by atoms with E-state index in [4.69, 9.17) is 9.47 Å². The third kappa shape index (κ3) is 2.40. The van der Waals surface area contributed by atoms with Gasteiger partial charge < -0.3 is 24.3 Å². The number of piperidine rings is 1. The minimum absolute atomic E-state index is 0.0193. The maximum absolute atomic E-state index is 12.4. The summed E-state index contributed by atoms with van der Waals surface area (Å²) in [6.07, 6.45) is 0.960. The van der Waals surface area contributed by atoms with Crippen molar-refractivity contribution in [1.82, 2.24) is 4.98 Å². The number of hydrogen-bond donors (Lipinski definition) is 1. The van der Waals surface area contributed by atoms with Crippen molar-refractivity contribution < 1.29 is 9.47 Å². The van der Waals surface area contributed by atoms with Gasteiger partial charge in [-0.15, -0.1) is 0 Å². The molecule has 4 heterocycles. The van der Waals surface area contributed by atoms with Crippen LogP contribution < -0.4 is 20.1 Å². The summed E-state index contributed by atoms with van der Waals surface area (Å²) in [5.41, 5.74) is 2.24. The number of methoxy groups -OCH3 is 1. The molecule has 7 rings (SSSR count). The Bertz CT molecular complexity index is 957. The van der Waals surface area contributed by atoms with E-state index in [1.54, 1.807) is 13.2 Å². The number of nitrogens with zero attached hydrogens (tertiary/aromatic N) is 2. The molecule has 2 aromatic rings. The van der Waals surface area contributed by atoms with Crippen molar-refractivity contribution in [2.24, 2.45) is 17.8 Å². The molecule has 0 radical (unpaired) electrons. The maximum Gasteiger partial charge on any atom is 0.251 e. The summed E-state index contributed by atoms with van der Waals surface area (Å²) in [6, 6.07) is 13.2. The van der Waals surface area contributed by atoms with E-state index < -0.39 is 0 Å². The van der Waals surface area contributed by atoms with E-state index in [2.05, 4.69) is 33.0 Å². The van der Waals surface area contributed by atoms with E-state index in [0.29, 0.717) is 12.1 Å². The molecule has 2 saturated carbocycles. The number of aromatic nitrogens is 1. The zero-order chi connectivity index (χ0) is 18.8. The van der Waals surface area contributed by atoms with Crippen LogP contribution in [0.3, 0.4) is 0 Å². The molecule has 6 nitrogen and oxygen atoms in total. The summed E-state index contributed by atoms with van der Waals surface area (Å²) in [7, 11) is 1.74. The number of anilines is 2. The van der Waals surface area contributed by atoms with Crippen LogP contribution in [0.25, 0.3) is 0 Å². The number of morpholine rings is 1. The molecule has 6 heteroatoms. The molecule has 1 aromatic heterocycles. The van der Waals surface area contributed by atoms with Crippen LogP contribution in [0.4, 0.5) is 11.5 Å². The summed E-state index contributed by atoms with van der Waals surface area (Å²) in [5.74, 6) is 4.36. The van der Waals surface area contributed by atoms with Crippen LogP contribution in [0.2, 0.25) is 0 Å². The molecule has 2 unspecified atom stereocenters. The molecule has 1 aromatic carbocycles. The predicted molar refractivity (Wildman–Crippen MR) is 107 cm³/mol. The first kappa shape index (κ1) is 16.5. The van der Waals surface area contributed by atoms with Crippen LogP contribution in [-0.2, 0) is 11.2 Å². The summed E-state index contributed by atoms with van der Waals surface area (Å²) in [6.45, 7) is 3.12. The van der Waals surface area contributed by atoms with E-state index in [1.165, 1.54) is 5.56 Å². The lowest BCUT2D eigenvalue weighted by molar-refractivity contribution is 0.122. The molecule has 0 amide bonds. The van der Waals surface area contributed by atoms with Gasteiger partial charge in [0.05, 0.1) is 20.3 Å². The number of para-hydroxylation sites is 1. The molecular formula is C22H25N3O3. The Balaban J connectivity index is 1.32. The Kier molecular flexibility index (Phi) is 3.54. The molecule has 5 aliphatic rings. The second-order valence-electron chi connectivity index (χ2n) is 8.40. The lowest BCUT2D eigenvalue weighted by atomic mass is 10.00. The van der Waals surface area contributed by atoms with Crippen LogP contribution in [-0.4, -0.2) is 50.5 Å². The number of rotatable bonds is 5. The average molecular weight is 379 g/mol. The third-order valence-electron chi connectivity index (χ3n) is 7.05. The molecule has 1 N–H and O–H groups in total. The first-order valence-corrected chi connectivity index (χ1v) is 10.2. The molecule has 0 spiro atoms. The third-order valence-corrected chi connectivity index (χ3v) is 7.05. The minimum atomic E-state index is -0.0193. The van der Waals surface area contributed by atoms with Crippen molar-refractivity contribution in [1.29, 1.82) is 0 Å². The van der Waals surface area contributed by atoms with Crippen molar-refractivity contribution in [2.75, 3.05) is 43.2 Å². The second-order valence-corrected chi connectivity index (χ2v) is 8.40. The van der Waals surface area contributed by atoms with Gasteiger partial charge in [-0.1, -0.05) is 18.2 Å². The number of fused-ring (bicyclic) bond motifs is 1. The van der Waals surface area contributed by atoms with E-state index in [-0.39, 0.29) is 5.56 Å². The zero-order valence-corrected chi connectivity index (χ0v) is 16.0. The summed E-state index contributed by atoms with van der Waals surface area (Å²) in [5, 5.41) is 0. The van der Waals surface area contributed by atoms with Gasteiger partial charge in [0.2, 0.25) is 0 Å². The van der Waals surface area contributed by atoms with Gasteiger partial charge in [-0.3, -0.25) is 4.79 Å². The van der Waals surface area contributed by atoms with Gasteiger partial charge in [0.1, 0.15) is 11.6 Å². The van der Waals surface area contributed by atoms with Crippen molar-refractivity contribution in [2.45, 2.75) is 18.5 Å². The van der Waals surface area contributed by atoms with E-state index in [1.807, 2.05) is 12.1 Å². The highest BCUT2D eigenvalue weighted by atomic mass is 16.5. The monoisotopic (exact) mass is 379 g/mol. The normalized spacial score (nSPS) is 32.2. The average Bonchev–Trinajstić information content (AvgIpc) is 3.57. The van der Waals surface area contributed by atoms with E-state index >= 15 is 0 Å². The number of aromatic amines is 1. The molecule has 3 aliphatic heterocycles. The lowest BCUT2D eigenvalue weighted by Crippen LogP contribution is -2.38. The fraction of sp³-hybridized carbons (Fsp3) is 0.500. The minimum Gasteiger partial charge on any atom is -0.496 e. The SMILES string of the molecule is COc1ccccc1C[C@H]1[C@@H]2C3C([C@@H]32)N1c1cc(N2CCOCC2)cc(=O)[nH]1. The molecule has 28 heavy (non-hydrogen) atoms. The molecule has 5 fully saturated rings. The highest BCUT2D eigenvalue weighted by Crippen LogP contribution is 2.78. The van der Waals surface area contributed by atoms with Gasteiger partial charge in [0.15, 0.2) is 0 Å². The molecule has 3 saturated heterocycles. The highest BCUT2D eigenvalue weighted by Gasteiger charge is 2.84. The topological polar surface area (TPSA) is 57.8 Å². The number of H-pyrrole nitrogens is 1. The molecule has 5 atom stereocenters. The number of pyridine rings is 1. The Morgan fingerprint density at radius 3 is 2.71 bits per heavy atom. The Hall–Kier alpha value is -2.47. The highest BCUT2D eigenvalue weighted by molar-refractivity contribution is 5.62. The molecule has 2 bridgehead atoms. The van der Waals surface area contributed by atoms with Crippen LogP contribution in [0.15, 0.2) is 41.2 Å². The predicted octanol–water partition coefficient (Wildman–Crippen LogP) is 1.90. The van der Waals surface area contributed by atoms with Crippen molar-refractivity contribution in [3.8, 4) is 5.75 Å². The number of ether oxygens (including phenoxy) is 2. The zero-order valence-electron chi connectivity index (χ0n) is 16.0. The molecule has 146 valence electrons. The largest absolute Gasteiger partial charge is 0.496 e. The first-order chi connectivity index (χ1) is 13.8. The molecular weight excluding hydrogens is 354 g/mol. The maximum atomic E-state index is 12.4. The van der Waals surface area contributed by atoms with Crippen molar-refractivity contribution in [3.05, 3.63) is 52.3 Å². The summed E-state index contributed by atoms with van der Waals surface area (Å²) in [4.78, 5) is 20.3. The summed E-state index contributed by atoms with van der Waals surface area (Å²) >= 11 is 0. The van der Waals surface area contributed by atoms with Gasteiger partial charge in [-0.2, -0.15) is 0 Å². The lowest BCUT2D eigenvalue weighted by Gasteiger charge is -2.31. The number of nitrogens with one attached hydrogen (secondary N) is 1. The summed E-state index contributed by atoms with van der Waals surface area (Å²) < 4.78 is 11.0. The van der Waals surface area contributed by atoms with Crippen LogP contribution in [0, 0.1) is 17.8 Å². The quantitative estimate of drug-likeness (QED) is 0.860. The van der Waals surface area contributed by atoms with Gasteiger partial charge in [0.25, 0.3) is 5.56 Å². The van der Waals surface area contributed by atoms with Crippen LogP contribution in [0.1, 0.15) is 5.56 Å². The number of benzene rings is 1. The van der Waals surface area contributed by atoms with E-state index in [9.17, 15) is 4.79 Å².